The van der Waals surface area contributed by atoms with Crippen LogP contribution in [0.25, 0.3) is 0 Å². The highest BCUT2D eigenvalue weighted by Crippen LogP contribution is 2.24. The first kappa shape index (κ1) is 16.3. The van der Waals surface area contributed by atoms with Crippen LogP contribution in [0.4, 0.5) is 0 Å². The molecule has 1 saturated heterocycles. The second-order valence-corrected chi connectivity index (χ2v) is 6.29. The van der Waals surface area contributed by atoms with E-state index in [4.69, 9.17) is 10.5 Å². The van der Waals surface area contributed by atoms with Gasteiger partial charge in [0.15, 0.2) is 0 Å². The van der Waals surface area contributed by atoms with E-state index < -0.39 is 0 Å². The number of ether oxygens (including phenoxy) is 1. The van der Waals surface area contributed by atoms with Crippen LogP contribution in [-0.2, 0) is 14.3 Å². The molecule has 1 heterocycles. The van der Waals surface area contributed by atoms with Gasteiger partial charge < -0.3 is 15.4 Å². The molecule has 2 amide bonds. The molecule has 2 rings (SSSR count). The van der Waals surface area contributed by atoms with Crippen molar-refractivity contribution in [1.82, 2.24) is 4.90 Å². The number of rotatable bonds is 5. The Morgan fingerprint density at radius 3 is 2.29 bits per heavy atom. The maximum atomic E-state index is 12.6. The minimum absolute atomic E-state index is 0.0756. The SMILES string of the molecule is CCC(OC1CCCCC1)C(=O)N1CCC(C(N)=O)CC1. The van der Waals surface area contributed by atoms with Crippen LogP contribution in [0.15, 0.2) is 0 Å². The molecule has 1 saturated carbocycles. The van der Waals surface area contributed by atoms with Gasteiger partial charge in [-0.15, -0.1) is 0 Å². The topological polar surface area (TPSA) is 72.6 Å². The summed E-state index contributed by atoms with van der Waals surface area (Å²) >= 11 is 0. The first-order chi connectivity index (χ1) is 10.1. The fourth-order valence-corrected chi connectivity index (χ4v) is 3.35. The largest absolute Gasteiger partial charge is 0.369 e. The van der Waals surface area contributed by atoms with Gasteiger partial charge in [0, 0.05) is 19.0 Å². The number of piperidine rings is 1. The zero-order valence-electron chi connectivity index (χ0n) is 13.1. The number of carbonyl (C=O) groups excluding carboxylic acids is 2. The van der Waals surface area contributed by atoms with Gasteiger partial charge in [0.25, 0.3) is 5.91 Å². The maximum absolute atomic E-state index is 12.6. The van der Waals surface area contributed by atoms with E-state index in [0.717, 1.165) is 12.8 Å². The summed E-state index contributed by atoms with van der Waals surface area (Å²) in [6, 6.07) is 0. The summed E-state index contributed by atoms with van der Waals surface area (Å²) in [5, 5.41) is 0. The Morgan fingerprint density at radius 1 is 1.14 bits per heavy atom. The molecule has 0 radical (unpaired) electrons. The Morgan fingerprint density at radius 2 is 1.76 bits per heavy atom. The lowest BCUT2D eigenvalue weighted by molar-refractivity contribution is -0.151. The molecule has 5 nitrogen and oxygen atoms in total. The van der Waals surface area contributed by atoms with E-state index in [1.165, 1.54) is 19.3 Å². The van der Waals surface area contributed by atoms with Gasteiger partial charge in [0.05, 0.1) is 6.10 Å². The van der Waals surface area contributed by atoms with Gasteiger partial charge in [-0.25, -0.2) is 0 Å². The molecule has 21 heavy (non-hydrogen) atoms. The van der Waals surface area contributed by atoms with Crippen LogP contribution in [0.3, 0.4) is 0 Å². The second kappa shape index (κ2) is 7.78. The number of nitrogens with two attached hydrogens (primary N) is 1. The van der Waals surface area contributed by atoms with Crippen LogP contribution in [-0.4, -0.2) is 42.0 Å². The molecule has 1 atom stereocenters. The summed E-state index contributed by atoms with van der Waals surface area (Å²) in [6.45, 7) is 3.25. The molecule has 2 fully saturated rings. The van der Waals surface area contributed by atoms with Crippen molar-refractivity contribution in [2.75, 3.05) is 13.1 Å². The lowest BCUT2D eigenvalue weighted by atomic mass is 9.95. The first-order valence-electron chi connectivity index (χ1n) is 8.35. The molecule has 120 valence electrons. The maximum Gasteiger partial charge on any atom is 0.251 e. The number of likely N-dealkylation sites (tertiary alicyclic amines) is 1. The van der Waals surface area contributed by atoms with Crippen LogP contribution in [0.2, 0.25) is 0 Å². The van der Waals surface area contributed by atoms with E-state index in [2.05, 4.69) is 0 Å². The summed E-state index contributed by atoms with van der Waals surface area (Å²) in [6.07, 6.45) is 7.85. The van der Waals surface area contributed by atoms with Crippen molar-refractivity contribution in [2.45, 2.75) is 70.5 Å². The van der Waals surface area contributed by atoms with E-state index in [0.29, 0.717) is 32.4 Å². The van der Waals surface area contributed by atoms with Crippen molar-refractivity contribution in [2.24, 2.45) is 11.7 Å². The minimum atomic E-state index is -0.321. The van der Waals surface area contributed by atoms with Gasteiger partial charge in [0.1, 0.15) is 6.10 Å². The van der Waals surface area contributed by atoms with Crippen molar-refractivity contribution >= 4 is 11.8 Å². The minimum Gasteiger partial charge on any atom is -0.369 e. The van der Waals surface area contributed by atoms with E-state index in [1.807, 2.05) is 11.8 Å². The van der Waals surface area contributed by atoms with Crippen molar-refractivity contribution < 1.29 is 14.3 Å². The highest BCUT2D eigenvalue weighted by molar-refractivity contribution is 5.82. The normalized spacial score (nSPS) is 23.0. The summed E-state index contributed by atoms with van der Waals surface area (Å²) < 4.78 is 6.05. The summed E-state index contributed by atoms with van der Waals surface area (Å²) in [7, 11) is 0. The lowest BCUT2D eigenvalue weighted by Crippen LogP contribution is -2.47. The Kier molecular flexibility index (Phi) is 6.03. The third-order valence-electron chi connectivity index (χ3n) is 4.76. The molecule has 0 aromatic rings. The Hall–Kier alpha value is -1.10. The molecule has 2 N–H and O–H groups in total. The monoisotopic (exact) mass is 296 g/mol. The number of amides is 2. The Bertz CT molecular complexity index is 359. The Balaban J connectivity index is 1.83. The summed E-state index contributed by atoms with van der Waals surface area (Å²) in [5.41, 5.74) is 5.33. The number of carbonyl (C=O) groups is 2. The zero-order chi connectivity index (χ0) is 15.2. The second-order valence-electron chi connectivity index (χ2n) is 6.29. The van der Waals surface area contributed by atoms with Crippen molar-refractivity contribution in [1.29, 1.82) is 0 Å². The molecular weight excluding hydrogens is 268 g/mol. The molecule has 0 spiro atoms. The van der Waals surface area contributed by atoms with Crippen LogP contribution < -0.4 is 5.73 Å². The highest BCUT2D eigenvalue weighted by Gasteiger charge is 2.31. The Labute approximate surface area is 127 Å². The number of hydrogen-bond donors (Lipinski definition) is 1. The van der Waals surface area contributed by atoms with Crippen molar-refractivity contribution in [3.8, 4) is 0 Å². The smallest absolute Gasteiger partial charge is 0.251 e. The highest BCUT2D eigenvalue weighted by atomic mass is 16.5. The standard InChI is InChI=1S/C16H28N2O3/c1-2-14(21-13-6-4-3-5-7-13)16(20)18-10-8-12(9-11-18)15(17)19/h12-14H,2-11H2,1H3,(H2,17,19). The van der Waals surface area contributed by atoms with Gasteiger partial charge >= 0.3 is 0 Å². The van der Waals surface area contributed by atoms with E-state index in [1.54, 1.807) is 0 Å². The molecule has 0 aromatic carbocycles. The van der Waals surface area contributed by atoms with Gasteiger partial charge in [-0.3, -0.25) is 9.59 Å². The lowest BCUT2D eigenvalue weighted by Gasteiger charge is -2.34. The predicted octanol–water partition coefficient (Wildman–Crippen LogP) is 1.84. The molecule has 1 unspecified atom stereocenters. The number of nitrogens with zero attached hydrogens (tertiary/aromatic N) is 1. The average Bonchev–Trinajstić information content (AvgIpc) is 2.53. The molecule has 0 aromatic heterocycles. The van der Waals surface area contributed by atoms with Gasteiger partial charge in [0.2, 0.25) is 5.91 Å². The predicted molar refractivity (Wildman–Crippen MR) is 80.5 cm³/mol. The number of primary amides is 1. The molecule has 5 heteroatoms. The van der Waals surface area contributed by atoms with Gasteiger partial charge in [-0.1, -0.05) is 26.2 Å². The van der Waals surface area contributed by atoms with Crippen molar-refractivity contribution in [3.05, 3.63) is 0 Å². The zero-order valence-corrected chi connectivity index (χ0v) is 13.1. The van der Waals surface area contributed by atoms with Gasteiger partial charge in [-0.05, 0) is 32.1 Å². The molecular formula is C16H28N2O3. The van der Waals surface area contributed by atoms with E-state index in [9.17, 15) is 9.59 Å². The third kappa shape index (κ3) is 4.43. The summed E-state index contributed by atoms with van der Waals surface area (Å²) in [4.78, 5) is 25.6. The molecule has 1 aliphatic carbocycles. The van der Waals surface area contributed by atoms with E-state index >= 15 is 0 Å². The van der Waals surface area contributed by atoms with Crippen LogP contribution >= 0.6 is 0 Å². The average molecular weight is 296 g/mol. The number of hydrogen-bond acceptors (Lipinski definition) is 3. The first-order valence-corrected chi connectivity index (χ1v) is 8.35. The van der Waals surface area contributed by atoms with Crippen LogP contribution in [0.5, 0.6) is 0 Å². The third-order valence-corrected chi connectivity index (χ3v) is 4.76. The van der Waals surface area contributed by atoms with Crippen LogP contribution in [0.1, 0.15) is 58.3 Å². The fraction of sp³-hybridized carbons (Fsp3) is 0.875. The summed E-state index contributed by atoms with van der Waals surface area (Å²) in [5.74, 6) is -0.230. The molecule has 0 bridgehead atoms. The fourth-order valence-electron chi connectivity index (χ4n) is 3.35. The van der Waals surface area contributed by atoms with E-state index in [-0.39, 0.29) is 29.9 Å². The molecule has 2 aliphatic rings. The molecule has 1 aliphatic heterocycles. The van der Waals surface area contributed by atoms with Gasteiger partial charge in [-0.2, -0.15) is 0 Å². The van der Waals surface area contributed by atoms with Crippen molar-refractivity contribution in [3.63, 3.8) is 0 Å². The van der Waals surface area contributed by atoms with Crippen LogP contribution in [0, 0.1) is 5.92 Å². The quantitative estimate of drug-likeness (QED) is 0.841.